The molecular formula is C18H20N2O5. The molecule has 0 spiro atoms. The van der Waals surface area contributed by atoms with E-state index in [-0.39, 0.29) is 18.9 Å². The minimum absolute atomic E-state index is 0.0781. The summed E-state index contributed by atoms with van der Waals surface area (Å²) in [6.07, 6.45) is 1.76. The number of oxazole rings is 1. The van der Waals surface area contributed by atoms with Gasteiger partial charge in [-0.05, 0) is 24.3 Å². The third kappa shape index (κ3) is 4.00. The molecule has 0 aliphatic heterocycles. The molecule has 0 atom stereocenters. The number of amides is 1. The van der Waals surface area contributed by atoms with Crippen molar-refractivity contribution in [3.8, 4) is 0 Å². The number of carbonyl (C=O) groups is 1. The van der Waals surface area contributed by atoms with Crippen LogP contribution in [-0.2, 0) is 22.6 Å². The summed E-state index contributed by atoms with van der Waals surface area (Å²) in [7, 11) is 1.59. The average molecular weight is 344 g/mol. The molecule has 3 aromatic rings. The molecule has 7 nitrogen and oxygen atoms in total. The number of furan rings is 1. The van der Waals surface area contributed by atoms with Crippen LogP contribution in [0.25, 0.3) is 11.1 Å². The molecule has 7 heteroatoms. The quantitative estimate of drug-likeness (QED) is 0.626. The van der Waals surface area contributed by atoms with Crippen LogP contribution in [0.3, 0.4) is 0 Å². The Morgan fingerprint density at radius 2 is 2.08 bits per heavy atom. The van der Waals surface area contributed by atoms with Gasteiger partial charge in [-0.15, -0.1) is 0 Å². The first-order valence-electron chi connectivity index (χ1n) is 8.06. The first-order valence-corrected chi connectivity index (χ1v) is 8.06. The van der Waals surface area contributed by atoms with Crippen molar-refractivity contribution in [2.75, 3.05) is 20.3 Å². The fourth-order valence-electron chi connectivity index (χ4n) is 2.68. The fourth-order valence-corrected chi connectivity index (χ4v) is 2.68. The zero-order valence-electron chi connectivity index (χ0n) is 14.0. The van der Waals surface area contributed by atoms with Crippen LogP contribution >= 0.6 is 0 Å². The van der Waals surface area contributed by atoms with E-state index in [9.17, 15) is 9.59 Å². The summed E-state index contributed by atoms with van der Waals surface area (Å²) in [6.45, 7) is 1.52. The molecule has 2 aromatic heterocycles. The lowest BCUT2D eigenvalue weighted by molar-refractivity contribution is -0.133. The Morgan fingerprint density at radius 1 is 1.24 bits per heavy atom. The first-order chi connectivity index (χ1) is 12.2. The summed E-state index contributed by atoms with van der Waals surface area (Å²) in [6, 6.07) is 10.8. The van der Waals surface area contributed by atoms with E-state index in [1.54, 1.807) is 42.5 Å². The van der Waals surface area contributed by atoms with Crippen LogP contribution < -0.4 is 5.76 Å². The zero-order chi connectivity index (χ0) is 17.6. The SMILES string of the molecule is COCCN(Cc1ccco1)C(=O)CCn1c(=O)oc2ccccc21. The number of nitrogens with zero attached hydrogens (tertiary/aromatic N) is 2. The van der Waals surface area contributed by atoms with Crippen LogP contribution in [0.4, 0.5) is 0 Å². The maximum absolute atomic E-state index is 12.6. The molecule has 0 fully saturated rings. The third-order valence-electron chi connectivity index (χ3n) is 3.97. The molecular weight excluding hydrogens is 324 g/mol. The Morgan fingerprint density at radius 3 is 2.84 bits per heavy atom. The predicted molar refractivity (Wildman–Crippen MR) is 91.1 cm³/mol. The van der Waals surface area contributed by atoms with E-state index in [1.165, 1.54) is 4.57 Å². The molecule has 0 radical (unpaired) electrons. The number of hydrogen-bond acceptors (Lipinski definition) is 5. The monoisotopic (exact) mass is 344 g/mol. The highest BCUT2D eigenvalue weighted by Gasteiger charge is 2.17. The van der Waals surface area contributed by atoms with Crippen molar-refractivity contribution in [2.24, 2.45) is 0 Å². The highest BCUT2D eigenvalue weighted by atomic mass is 16.5. The first kappa shape index (κ1) is 17.0. The van der Waals surface area contributed by atoms with Gasteiger partial charge >= 0.3 is 5.76 Å². The van der Waals surface area contributed by atoms with Crippen molar-refractivity contribution < 1.29 is 18.4 Å². The van der Waals surface area contributed by atoms with Crippen LogP contribution in [0.2, 0.25) is 0 Å². The van der Waals surface area contributed by atoms with Gasteiger partial charge in [-0.1, -0.05) is 12.1 Å². The van der Waals surface area contributed by atoms with E-state index < -0.39 is 5.76 Å². The standard InChI is InChI=1S/C18H20N2O5/c1-23-12-10-19(13-14-5-4-11-24-14)17(21)8-9-20-15-6-2-3-7-16(15)25-18(20)22/h2-7,11H,8-10,12-13H2,1H3. The molecule has 132 valence electrons. The number of methoxy groups -OCH3 is 1. The Bertz CT molecular complexity index is 878. The number of carbonyl (C=O) groups excluding carboxylic acids is 1. The molecule has 25 heavy (non-hydrogen) atoms. The van der Waals surface area contributed by atoms with E-state index in [2.05, 4.69) is 0 Å². The average Bonchev–Trinajstić information content (AvgIpc) is 3.23. The van der Waals surface area contributed by atoms with Gasteiger partial charge in [0, 0.05) is 26.6 Å². The van der Waals surface area contributed by atoms with Crippen LogP contribution in [-0.4, -0.2) is 35.6 Å². The van der Waals surface area contributed by atoms with Crippen molar-refractivity contribution in [2.45, 2.75) is 19.5 Å². The Kier molecular flexibility index (Phi) is 5.35. The Balaban J connectivity index is 1.69. The second-order valence-electron chi connectivity index (χ2n) is 5.62. The van der Waals surface area contributed by atoms with Gasteiger partial charge in [-0.2, -0.15) is 0 Å². The molecule has 3 rings (SSSR count). The van der Waals surface area contributed by atoms with E-state index in [0.29, 0.717) is 36.6 Å². The number of para-hydroxylation sites is 2. The zero-order valence-corrected chi connectivity index (χ0v) is 14.0. The maximum Gasteiger partial charge on any atom is 0.419 e. The van der Waals surface area contributed by atoms with Gasteiger partial charge in [0.1, 0.15) is 5.76 Å². The third-order valence-corrected chi connectivity index (χ3v) is 3.97. The van der Waals surface area contributed by atoms with Crippen molar-refractivity contribution >= 4 is 17.0 Å². The van der Waals surface area contributed by atoms with Gasteiger partial charge in [0.2, 0.25) is 5.91 Å². The number of aryl methyl sites for hydroxylation is 1. The Hall–Kier alpha value is -2.80. The van der Waals surface area contributed by atoms with Gasteiger partial charge < -0.3 is 18.5 Å². The van der Waals surface area contributed by atoms with Gasteiger partial charge in [0.05, 0.1) is 24.9 Å². The number of fused-ring (bicyclic) bond motifs is 1. The maximum atomic E-state index is 12.6. The van der Waals surface area contributed by atoms with E-state index in [0.717, 1.165) is 0 Å². The molecule has 0 bridgehead atoms. The summed E-state index contributed by atoms with van der Waals surface area (Å²) in [5, 5.41) is 0. The molecule has 1 amide bonds. The second-order valence-corrected chi connectivity index (χ2v) is 5.62. The van der Waals surface area contributed by atoms with Crippen molar-refractivity contribution in [1.29, 1.82) is 0 Å². The van der Waals surface area contributed by atoms with Crippen molar-refractivity contribution in [3.05, 3.63) is 59.0 Å². The summed E-state index contributed by atoms with van der Waals surface area (Å²) in [5.74, 6) is 0.171. The molecule has 2 heterocycles. The number of benzene rings is 1. The van der Waals surface area contributed by atoms with Crippen molar-refractivity contribution in [3.63, 3.8) is 0 Å². The summed E-state index contributed by atoms with van der Waals surface area (Å²) < 4.78 is 17.1. The lowest BCUT2D eigenvalue weighted by Gasteiger charge is -2.21. The normalized spacial score (nSPS) is 11.1. The number of aromatic nitrogens is 1. The van der Waals surface area contributed by atoms with Crippen LogP contribution in [0.15, 0.2) is 56.3 Å². The molecule has 0 aliphatic carbocycles. The van der Waals surface area contributed by atoms with E-state index >= 15 is 0 Å². The second kappa shape index (κ2) is 7.85. The largest absolute Gasteiger partial charge is 0.467 e. The number of rotatable bonds is 8. The highest BCUT2D eigenvalue weighted by Crippen LogP contribution is 2.13. The number of hydrogen-bond donors (Lipinski definition) is 0. The van der Waals surface area contributed by atoms with Crippen molar-refractivity contribution in [1.82, 2.24) is 9.47 Å². The fraction of sp³-hybridized carbons (Fsp3) is 0.333. The van der Waals surface area contributed by atoms with Gasteiger partial charge in [-0.25, -0.2) is 4.79 Å². The molecule has 0 N–H and O–H groups in total. The van der Waals surface area contributed by atoms with Gasteiger partial charge in [0.15, 0.2) is 5.58 Å². The summed E-state index contributed by atoms with van der Waals surface area (Å²) >= 11 is 0. The lowest BCUT2D eigenvalue weighted by atomic mass is 10.3. The Labute approximate surface area is 144 Å². The summed E-state index contributed by atoms with van der Waals surface area (Å²) in [5.41, 5.74) is 1.21. The minimum Gasteiger partial charge on any atom is -0.467 e. The van der Waals surface area contributed by atoms with E-state index in [1.807, 2.05) is 12.1 Å². The molecule has 1 aromatic carbocycles. The van der Waals surface area contributed by atoms with Gasteiger partial charge in [-0.3, -0.25) is 9.36 Å². The number of ether oxygens (including phenoxy) is 1. The van der Waals surface area contributed by atoms with Crippen LogP contribution in [0.5, 0.6) is 0 Å². The van der Waals surface area contributed by atoms with E-state index in [4.69, 9.17) is 13.6 Å². The highest BCUT2D eigenvalue weighted by molar-refractivity contribution is 5.77. The molecule has 0 unspecified atom stereocenters. The molecule has 0 saturated heterocycles. The topological polar surface area (TPSA) is 77.8 Å². The molecule has 0 aliphatic rings. The lowest BCUT2D eigenvalue weighted by Crippen LogP contribution is -2.34. The van der Waals surface area contributed by atoms with Crippen LogP contribution in [0.1, 0.15) is 12.2 Å². The van der Waals surface area contributed by atoms with Gasteiger partial charge in [0.25, 0.3) is 0 Å². The predicted octanol–water partition coefficient (Wildman–Crippen LogP) is 2.25. The van der Waals surface area contributed by atoms with Crippen LogP contribution in [0, 0.1) is 0 Å². The smallest absolute Gasteiger partial charge is 0.419 e. The summed E-state index contributed by atoms with van der Waals surface area (Å²) in [4.78, 5) is 26.2. The molecule has 0 saturated carbocycles. The minimum atomic E-state index is -0.455.